The van der Waals surface area contributed by atoms with Gasteiger partial charge in [0.1, 0.15) is 12.4 Å². The Morgan fingerprint density at radius 1 is 1.22 bits per heavy atom. The third-order valence-corrected chi connectivity index (χ3v) is 2.87. The van der Waals surface area contributed by atoms with E-state index in [1.165, 1.54) is 0 Å². The summed E-state index contributed by atoms with van der Waals surface area (Å²) in [6.45, 7) is 9.33. The summed E-state index contributed by atoms with van der Waals surface area (Å²) in [5.74, 6) is 0.828. The van der Waals surface area contributed by atoms with Crippen LogP contribution in [0.1, 0.15) is 32.8 Å². The van der Waals surface area contributed by atoms with Crippen molar-refractivity contribution in [3.63, 3.8) is 0 Å². The first-order valence-electron chi connectivity index (χ1n) is 6.54. The van der Waals surface area contributed by atoms with Crippen molar-refractivity contribution in [2.24, 2.45) is 0 Å². The molecule has 0 unspecified atom stereocenters. The van der Waals surface area contributed by atoms with E-state index in [1.807, 2.05) is 12.1 Å². The lowest BCUT2D eigenvalue weighted by Gasteiger charge is -2.25. The van der Waals surface area contributed by atoms with Crippen LogP contribution in [0.5, 0.6) is 5.75 Å². The molecule has 0 aliphatic carbocycles. The molecule has 0 fully saturated rings. The van der Waals surface area contributed by atoms with Gasteiger partial charge in [-0.25, -0.2) is 0 Å². The highest BCUT2D eigenvalue weighted by atomic mass is 16.5. The Morgan fingerprint density at radius 3 is 2.39 bits per heavy atom. The fraction of sp³-hybridized carbons (Fsp3) is 0.533. The molecule has 0 heterocycles. The van der Waals surface area contributed by atoms with Crippen LogP contribution in [0.15, 0.2) is 24.3 Å². The average Bonchev–Trinajstić information content (AvgIpc) is 2.38. The number of hydrogen-bond acceptors (Lipinski definition) is 3. The predicted octanol–water partition coefficient (Wildman–Crippen LogP) is 3.06. The number of nitrogens with zero attached hydrogens (tertiary/aromatic N) is 2. The molecule has 3 heteroatoms. The molecule has 0 bridgehead atoms. The second kappa shape index (κ2) is 7.73. The summed E-state index contributed by atoms with van der Waals surface area (Å²) in [5, 5.41) is 8.70. The quantitative estimate of drug-likeness (QED) is 0.742. The molecule has 0 amide bonds. The molecule has 0 atom stereocenters. The fourth-order valence-corrected chi connectivity index (χ4v) is 1.82. The van der Waals surface area contributed by atoms with Crippen molar-refractivity contribution in [1.82, 2.24) is 4.90 Å². The summed E-state index contributed by atoms with van der Waals surface area (Å²) in [7, 11) is 0. The molecule has 0 saturated carbocycles. The summed E-state index contributed by atoms with van der Waals surface area (Å²) in [6.07, 6.45) is 1.16. The number of rotatable bonds is 7. The molecule has 1 aromatic carbocycles. The van der Waals surface area contributed by atoms with E-state index in [-0.39, 0.29) is 0 Å². The lowest BCUT2D eigenvalue weighted by molar-refractivity contribution is 0.176. The number of hydrogen-bond donors (Lipinski definition) is 0. The Labute approximate surface area is 110 Å². The van der Waals surface area contributed by atoms with Crippen molar-refractivity contribution in [2.75, 3.05) is 19.7 Å². The van der Waals surface area contributed by atoms with Crippen molar-refractivity contribution in [2.45, 2.75) is 33.2 Å². The monoisotopic (exact) mass is 246 g/mol. The maximum atomic E-state index is 8.70. The average molecular weight is 246 g/mol. The van der Waals surface area contributed by atoms with Crippen LogP contribution < -0.4 is 4.74 Å². The van der Waals surface area contributed by atoms with Crippen molar-refractivity contribution in [1.29, 1.82) is 5.26 Å². The van der Waals surface area contributed by atoms with Crippen molar-refractivity contribution in [3.8, 4) is 11.8 Å². The van der Waals surface area contributed by atoms with Crippen LogP contribution in [-0.4, -0.2) is 30.6 Å². The zero-order chi connectivity index (χ0) is 13.4. The first-order valence-corrected chi connectivity index (χ1v) is 6.54. The minimum Gasteiger partial charge on any atom is -0.492 e. The van der Waals surface area contributed by atoms with Gasteiger partial charge in [0.15, 0.2) is 0 Å². The van der Waals surface area contributed by atoms with Gasteiger partial charge in [0, 0.05) is 12.6 Å². The zero-order valence-corrected chi connectivity index (χ0v) is 11.5. The highest BCUT2D eigenvalue weighted by Crippen LogP contribution is 2.11. The third kappa shape index (κ3) is 4.77. The van der Waals surface area contributed by atoms with Crippen LogP contribution in [0.25, 0.3) is 0 Å². The van der Waals surface area contributed by atoms with E-state index in [0.29, 0.717) is 18.2 Å². The van der Waals surface area contributed by atoms with Crippen LogP contribution in [-0.2, 0) is 0 Å². The topological polar surface area (TPSA) is 36.3 Å². The van der Waals surface area contributed by atoms with E-state index in [4.69, 9.17) is 10.00 Å². The fourth-order valence-electron chi connectivity index (χ4n) is 1.82. The minimum atomic E-state index is 0.550. The van der Waals surface area contributed by atoms with Crippen molar-refractivity contribution in [3.05, 3.63) is 29.8 Å². The molecule has 0 radical (unpaired) electrons. The largest absolute Gasteiger partial charge is 0.492 e. The highest BCUT2D eigenvalue weighted by molar-refractivity contribution is 5.34. The normalized spacial score (nSPS) is 10.7. The molecule has 0 spiro atoms. The summed E-state index contributed by atoms with van der Waals surface area (Å²) in [6, 6.07) is 9.90. The summed E-state index contributed by atoms with van der Waals surface area (Å²) in [4.78, 5) is 2.41. The van der Waals surface area contributed by atoms with Crippen molar-refractivity contribution >= 4 is 0 Å². The molecule has 0 aliphatic heterocycles. The predicted molar refractivity (Wildman–Crippen MR) is 73.7 cm³/mol. The minimum absolute atomic E-state index is 0.550. The van der Waals surface area contributed by atoms with Gasteiger partial charge in [0.05, 0.1) is 11.6 Å². The highest BCUT2D eigenvalue weighted by Gasteiger charge is 2.07. The van der Waals surface area contributed by atoms with E-state index in [1.54, 1.807) is 12.1 Å². The maximum Gasteiger partial charge on any atom is 0.119 e. The van der Waals surface area contributed by atoms with Crippen LogP contribution in [0, 0.1) is 11.3 Å². The van der Waals surface area contributed by atoms with Crippen molar-refractivity contribution < 1.29 is 4.74 Å². The van der Waals surface area contributed by atoms with Gasteiger partial charge in [-0.15, -0.1) is 0 Å². The van der Waals surface area contributed by atoms with E-state index in [0.717, 1.165) is 25.3 Å². The molecular formula is C15H22N2O. The van der Waals surface area contributed by atoms with E-state index in [2.05, 4.69) is 31.7 Å². The van der Waals surface area contributed by atoms with Crippen LogP contribution >= 0.6 is 0 Å². The molecule has 0 N–H and O–H groups in total. The number of nitriles is 1. The van der Waals surface area contributed by atoms with Gasteiger partial charge < -0.3 is 4.74 Å². The van der Waals surface area contributed by atoms with E-state index in [9.17, 15) is 0 Å². The van der Waals surface area contributed by atoms with Gasteiger partial charge in [-0.3, -0.25) is 4.90 Å². The summed E-state index contributed by atoms with van der Waals surface area (Å²) >= 11 is 0. The molecule has 18 heavy (non-hydrogen) atoms. The smallest absolute Gasteiger partial charge is 0.119 e. The Bertz CT molecular complexity index is 378. The van der Waals surface area contributed by atoms with Gasteiger partial charge in [0.25, 0.3) is 0 Å². The first-order chi connectivity index (χ1) is 8.67. The standard InChI is InChI=1S/C15H22N2O/c1-4-9-17(13(2)3)10-11-18-15-7-5-14(12-16)6-8-15/h5-8,13H,4,9-11H2,1-3H3. The summed E-state index contributed by atoms with van der Waals surface area (Å²) < 4.78 is 5.68. The second-order valence-electron chi connectivity index (χ2n) is 4.61. The number of ether oxygens (including phenoxy) is 1. The molecule has 0 aliphatic rings. The second-order valence-corrected chi connectivity index (χ2v) is 4.61. The Hall–Kier alpha value is -1.53. The molecule has 0 saturated heterocycles. The van der Waals surface area contributed by atoms with Gasteiger partial charge in [-0.1, -0.05) is 6.92 Å². The first kappa shape index (κ1) is 14.5. The summed E-state index contributed by atoms with van der Waals surface area (Å²) in [5.41, 5.74) is 0.664. The molecule has 3 nitrogen and oxygen atoms in total. The Kier molecular flexibility index (Phi) is 6.24. The SMILES string of the molecule is CCCN(CCOc1ccc(C#N)cc1)C(C)C. The van der Waals surface area contributed by atoms with Crippen LogP contribution in [0.3, 0.4) is 0 Å². The number of benzene rings is 1. The molecule has 1 aromatic rings. The van der Waals surface area contributed by atoms with Gasteiger partial charge in [-0.2, -0.15) is 5.26 Å². The third-order valence-electron chi connectivity index (χ3n) is 2.87. The maximum absolute atomic E-state index is 8.70. The Balaban J connectivity index is 2.38. The van der Waals surface area contributed by atoms with E-state index < -0.39 is 0 Å². The van der Waals surface area contributed by atoms with E-state index >= 15 is 0 Å². The molecule has 0 aromatic heterocycles. The van der Waals surface area contributed by atoms with Gasteiger partial charge in [0.2, 0.25) is 0 Å². The van der Waals surface area contributed by atoms with Gasteiger partial charge >= 0.3 is 0 Å². The molecule has 1 rings (SSSR count). The molecular weight excluding hydrogens is 224 g/mol. The lowest BCUT2D eigenvalue weighted by atomic mass is 10.2. The Morgan fingerprint density at radius 2 is 1.89 bits per heavy atom. The van der Waals surface area contributed by atoms with Crippen LogP contribution in [0.4, 0.5) is 0 Å². The lowest BCUT2D eigenvalue weighted by Crippen LogP contribution is -2.35. The van der Waals surface area contributed by atoms with Gasteiger partial charge in [-0.05, 0) is 51.1 Å². The molecule has 98 valence electrons. The van der Waals surface area contributed by atoms with Crippen LogP contribution in [0.2, 0.25) is 0 Å². The zero-order valence-electron chi connectivity index (χ0n) is 11.5.